The number of fused-ring (bicyclic) bond motifs is 5. The molecule has 11 atom stereocenters. The SMILES string of the molecule is CC(C)C(CC[C@H](C)[C@H]1CCC2C3C(OC(=O)c4ccccc4)CC4C[C@@H](NCCCNCCCCN)CC[C@]4(C)C3CC[C@@]21C)OS(=O)(=O)O. The number of hydrogen-bond donors (Lipinski definition) is 4. The van der Waals surface area contributed by atoms with Crippen LogP contribution < -0.4 is 16.4 Å². The molecule has 4 saturated carbocycles. The van der Waals surface area contributed by atoms with Crippen LogP contribution in [-0.2, 0) is 19.3 Å². The zero-order valence-electron chi connectivity index (χ0n) is 32.2. The predicted molar refractivity (Wildman–Crippen MR) is 203 cm³/mol. The molecule has 0 amide bonds. The summed E-state index contributed by atoms with van der Waals surface area (Å²) in [6, 6.07) is 10.0. The van der Waals surface area contributed by atoms with Gasteiger partial charge >= 0.3 is 16.4 Å². The Morgan fingerprint density at radius 3 is 2.33 bits per heavy atom. The zero-order chi connectivity index (χ0) is 36.8. The molecule has 9 nitrogen and oxygen atoms in total. The molecule has 6 unspecified atom stereocenters. The minimum absolute atomic E-state index is 0.0173. The van der Waals surface area contributed by atoms with E-state index in [4.69, 9.17) is 14.7 Å². The summed E-state index contributed by atoms with van der Waals surface area (Å²) < 4.78 is 44.3. The lowest BCUT2D eigenvalue weighted by atomic mass is 9.43. The van der Waals surface area contributed by atoms with Crippen molar-refractivity contribution in [1.82, 2.24) is 10.6 Å². The third kappa shape index (κ3) is 9.76. The van der Waals surface area contributed by atoms with E-state index in [0.29, 0.717) is 53.5 Å². The second-order valence-corrected chi connectivity index (χ2v) is 18.7. The summed E-state index contributed by atoms with van der Waals surface area (Å²) in [4.78, 5) is 13.7. The molecule has 4 aliphatic carbocycles. The monoisotopic (exact) mass is 731 g/mol. The minimum Gasteiger partial charge on any atom is -0.458 e. The van der Waals surface area contributed by atoms with Crippen molar-refractivity contribution in [2.24, 2.45) is 58.0 Å². The van der Waals surface area contributed by atoms with Crippen molar-refractivity contribution in [1.29, 1.82) is 0 Å². The van der Waals surface area contributed by atoms with E-state index >= 15 is 0 Å². The number of carbonyl (C=O) groups is 1. The van der Waals surface area contributed by atoms with Crippen molar-refractivity contribution < 1.29 is 26.7 Å². The molecule has 10 heteroatoms. The molecule has 0 saturated heterocycles. The van der Waals surface area contributed by atoms with Gasteiger partial charge in [-0.1, -0.05) is 52.8 Å². The van der Waals surface area contributed by atoms with E-state index in [-0.39, 0.29) is 28.8 Å². The molecule has 0 aliphatic heterocycles. The van der Waals surface area contributed by atoms with Crippen molar-refractivity contribution in [3.05, 3.63) is 35.9 Å². The summed E-state index contributed by atoms with van der Waals surface area (Å²) in [5, 5.41) is 7.46. The summed E-state index contributed by atoms with van der Waals surface area (Å²) in [5.41, 5.74) is 6.63. The lowest BCUT2D eigenvalue weighted by Crippen LogP contribution is -2.60. The molecule has 5 rings (SSSR count). The Bertz CT molecular complexity index is 1360. The number of nitrogens with two attached hydrogens (primary N) is 1. The Kier molecular flexibility index (Phi) is 14.1. The first-order valence-electron chi connectivity index (χ1n) is 20.3. The van der Waals surface area contributed by atoms with E-state index in [0.717, 1.165) is 77.5 Å². The van der Waals surface area contributed by atoms with E-state index in [1.54, 1.807) is 0 Å². The molecule has 0 radical (unpaired) electrons. The van der Waals surface area contributed by atoms with E-state index in [2.05, 4.69) is 31.4 Å². The lowest BCUT2D eigenvalue weighted by molar-refractivity contribution is -0.168. The molecule has 1 aromatic rings. The molecule has 51 heavy (non-hydrogen) atoms. The molecule has 5 N–H and O–H groups in total. The van der Waals surface area contributed by atoms with Gasteiger partial charge in [0, 0.05) is 12.0 Å². The first-order chi connectivity index (χ1) is 24.3. The number of unbranched alkanes of at least 4 members (excludes halogenated alkanes) is 1. The van der Waals surface area contributed by atoms with Gasteiger partial charge in [-0.05, 0) is 168 Å². The van der Waals surface area contributed by atoms with Crippen LogP contribution in [0.2, 0.25) is 0 Å². The van der Waals surface area contributed by atoms with Gasteiger partial charge in [0.15, 0.2) is 0 Å². The van der Waals surface area contributed by atoms with Crippen molar-refractivity contribution in [2.75, 3.05) is 26.2 Å². The Balaban J connectivity index is 1.29. The number of nitrogens with one attached hydrogen (secondary N) is 2. The maximum atomic E-state index is 13.7. The molecule has 4 aliphatic rings. The Hall–Kier alpha value is -1.56. The van der Waals surface area contributed by atoms with Gasteiger partial charge in [0.1, 0.15) is 6.10 Å². The van der Waals surface area contributed by atoms with E-state index < -0.39 is 16.5 Å². The fourth-order valence-corrected chi connectivity index (χ4v) is 12.2. The van der Waals surface area contributed by atoms with E-state index in [1.807, 2.05) is 44.2 Å². The second kappa shape index (κ2) is 17.7. The molecule has 0 heterocycles. The van der Waals surface area contributed by atoms with Crippen LogP contribution in [0.5, 0.6) is 0 Å². The zero-order valence-corrected chi connectivity index (χ0v) is 33.0. The van der Waals surface area contributed by atoms with Gasteiger partial charge in [-0.2, -0.15) is 8.42 Å². The maximum Gasteiger partial charge on any atom is 0.397 e. The van der Waals surface area contributed by atoms with Crippen LogP contribution in [0, 0.1) is 52.3 Å². The van der Waals surface area contributed by atoms with Crippen LogP contribution in [0.15, 0.2) is 30.3 Å². The molecular formula is C41H69N3O6S. The summed E-state index contributed by atoms with van der Waals surface area (Å²) >= 11 is 0. The lowest BCUT2D eigenvalue weighted by Gasteiger charge is -2.63. The summed E-state index contributed by atoms with van der Waals surface area (Å²) in [6.45, 7) is 15.1. The van der Waals surface area contributed by atoms with Crippen LogP contribution in [0.4, 0.5) is 0 Å². The predicted octanol–water partition coefficient (Wildman–Crippen LogP) is 7.42. The standard InChI is InChI=1S/C41H69N3O6S/c1-28(2)36(50-51(46,47)48)17-14-29(3)33-15-16-34-38-35(19-21-41(33,34)5)40(4)20-18-32(44-25-11-24-43-23-10-9-22-42)26-31(40)27-37(38)49-39(45)30-12-7-6-8-13-30/h6-8,12-13,28-29,31-38,43-44H,9-11,14-27,42H2,1-5H3,(H,46,47,48)/t29-,31?,32-,33+,34?,35?,36?,37?,38?,40-,41+/m0/s1. The molecule has 290 valence electrons. The third-order valence-electron chi connectivity index (χ3n) is 14.4. The average molecular weight is 732 g/mol. The van der Waals surface area contributed by atoms with Crippen LogP contribution in [0.1, 0.15) is 128 Å². The fourth-order valence-electron chi connectivity index (χ4n) is 11.6. The molecule has 1 aromatic carbocycles. The number of benzene rings is 1. The van der Waals surface area contributed by atoms with E-state index in [1.165, 1.54) is 25.7 Å². The molecule has 4 fully saturated rings. The van der Waals surface area contributed by atoms with Crippen molar-refractivity contribution in [3.63, 3.8) is 0 Å². The number of rotatable bonds is 18. The number of hydrogen-bond acceptors (Lipinski definition) is 8. The van der Waals surface area contributed by atoms with Crippen molar-refractivity contribution in [3.8, 4) is 0 Å². The molecular weight excluding hydrogens is 663 g/mol. The van der Waals surface area contributed by atoms with E-state index in [9.17, 15) is 17.8 Å². The highest BCUT2D eigenvalue weighted by Crippen LogP contribution is 2.69. The van der Waals surface area contributed by atoms with Crippen LogP contribution in [0.3, 0.4) is 0 Å². The van der Waals surface area contributed by atoms with Gasteiger partial charge < -0.3 is 21.1 Å². The van der Waals surface area contributed by atoms with Gasteiger partial charge in [-0.25, -0.2) is 8.98 Å². The quantitative estimate of drug-likeness (QED) is 0.0690. The highest BCUT2D eigenvalue weighted by molar-refractivity contribution is 7.80. The van der Waals surface area contributed by atoms with Crippen LogP contribution in [-0.4, -0.2) is 63.4 Å². The number of esters is 1. The largest absolute Gasteiger partial charge is 0.458 e. The highest BCUT2D eigenvalue weighted by atomic mass is 32.3. The fraction of sp³-hybridized carbons (Fsp3) is 0.829. The van der Waals surface area contributed by atoms with Gasteiger partial charge in [-0.3, -0.25) is 4.55 Å². The highest BCUT2D eigenvalue weighted by Gasteiger charge is 2.63. The molecule has 0 bridgehead atoms. The van der Waals surface area contributed by atoms with Crippen LogP contribution in [0.25, 0.3) is 0 Å². The third-order valence-corrected chi connectivity index (χ3v) is 14.8. The number of ether oxygens (including phenoxy) is 1. The summed E-state index contributed by atoms with van der Waals surface area (Å²) in [7, 11) is -4.50. The molecule has 0 aromatic heterocycles. The van der Waals surface area contributed by atoms with Gasteiger partial charge in [-0.15, -0.1) is 0 Å². The Morgan fingerprint density at radius 2 is 1.63 bits per heavy atom. The summed E-state index contributed by atoms with van der Waals surface area (Å²) in [5.74, 6) is 2.57. The topological polar surface area (TPSA) is 140 Å². The first kappa shape index (κ1) is 40.6. The second-order valence-electron chi connectivity index (χ2n) is 17.7. The summed E-state index contributed by atoms with van der Waals surface area (Å²) in [6.07, 6.45) is 13.3. The van der Waals surface area contributed by atoms with Gasteiger partial charge in [0.05, 0.1) is 11.7 Å². The van der Waals surface area contributed by atoms with Crippen LogP contribution >= 0.6 is 0 Å². The smallest absolute Gasteiger partial charge is 0.397 e. The Labute approximate surface area is 309 Å². The maximum absolute atomic E-state index is 13.7. The van der Waals surface area contributed by atoms with Crippen molar-refractivity contribution in [2.45, 2.75) is 136 Å². The number of carbonyl (C=O) groups excluding carboxylic acids is 1. The van der Waals surface area contributed by atoms with Gasteiger partial charge in [0.25, 0.3) is 0 Å². The molecule has 0 spiro atoms. The average Bonchev–Trinajstić information content (AvgIpc) is 3.45. The normalized spacial score (nSPS) is 34.7. The van der Waals surface area contributed by atoms with Gasteiger partial charge in [0.2, 0.25) is 0 Å². The van der Waals surface area contributed by atoms with Crippen molar-refractivity contribution >= 4 is 16.4 Å². The first-order valence-corrected chi connectivity index (χ1v) is 21.7. The Morgan fingerprint density at radius 1 is 0.922 bits per heavy atom. The minimum atomic E-state index is -4.50.